The van der Waals surface area contributed by atoms with E-state index in [4.69, 9.17) is 9.84 Å². The molecule has 0 heterocycles. The zero-order chi connectivity index (χ0) is 14.0. The third-order valence-corrected chi connectivity index (χ3v) is 2.96. The van der Waals surface area contributed by atoms with Crippen molar-refractivity contribution in [1.29, 1.82) is 0 Å². The van der Waals surface area contributed by atoms with Gasteiger partial charge in [-0.25, -0.2) is 13.6 Å². The second-order valence-corrected chi connectivity index (χ2v) is 4.45. The number of carboxylic acid groups (broad SMARTS) is 1. The van der Waals surface area contributed by atoms with Gasteiger partial charge in [0, 0.05) is 6.07 Å². The van der Waals surface area contributed by atoms with Gasteiger partial charge in [-0.05, 0) is 40.2 Å². The van der Waals surface area contributed by atoms with Crippen molar-refractivity contribution in [1.82, 2.24) is 0 Å². The van der Waals surface area contributed by atoms with Gasteiger partial charge in [-0.1, -0.05) is 6.07 Å². The van der Waals surface area contributed by atoms with Gasteiger partial charge < -0.3 is 9.84 Å². The van der Waals surface area contributed by atoms with Crippen LogP contribution in [-0.2, 0) is 0 Å². The molecule has 1 N–H and O–H groups in total. The number of carboxylic acids is 1. The first-order valence-corrected chi connectivity index (χ1v) is 5.93. The topological polar surface area (TPSA) is 46.5 Å². The predicted molar refractivity (Wildman–Crippen MR) is 67.5 cm³/mol. The molecule has 19 heavy (non-hydrogen) atoms. The molecule has 0 aliphatic carbocycles. The highest BCUT2D eigenvalue weighted by atomic mass is 79.9. The first kappa shape index (κ1) is 13.5. The molecule has 98 valence electrons. The predicted octanol–water partition coefficient (Wildman–Crippen LogP) is 4.22. The van der Waals surface area contributed by atoms with Crippen LogP contribution in [0.15, 0.2) is 40.9 Å². The van der Waals surface area contributed by atoms with Gasteiger partial charge in [-0.3, -0.25) is 0 Å². The lowest BCUT2D eigenvalue weighted by Gasteiger charge is -2.11. The molecule has 0 radical (unpaired) electrons. The van der Waals surface area contributed by atoms with Crippen LogP contribution in [0.5, 0.6) is 11.5 Å². The minimum absolute atomic E-state index is 0.00685. The fourth-order valence-corrected chi connectivity index (χ4v) is 1.77. The Hall–Kier alpha value is -1.95. The highest BCUT2D eigenvalue weighted by Crippen LogP contribution is 2.33. The standard InChI is InChI=1S/C13H7BrF2O3/c14-9-5-4-7(15)6-11(9)19-12-8(13(17)18)2-1-3-10(12)16/h1-6H,(H,17,18). The molecule has 0 aromatic heterocycles. The maximum atomic E-state index is 13.6. The molecule has 3 nitrogen and oxygen atoms in total. The Labute approximate surface area is 115 Å². The van der Waals surface area contributed by atoms with E-state index in [1.54, 1.807) is 0 Å². The van der Waals surface area contributed by atoms with Crippen molar-refractivity contribution in [2.75, 3.05) is 0 Å². The molecule has 6 heteroatoms. The summed E-state index contributed by atoms with van der Waals surface area (Å²) in [5, 5.41) is 8.96. The van der Waals surface area contributed by atoms with E-state index in [-0.39, 0.29) is 11.3 Å². The van der Waals surface area contributed by atoms with E-state index in [1.807, 2.05) is 0 Å². The summed E-state index contributed by atoms with van der Waals surface area (Å²) in [6.07, 6.45) is 0. The molecular weight excluding hydrogens is 322 g/mol. The van der Waals surface area contributed by atoms with E-state index in [1.165, 1.54) is 24.3 Å². The molecule has 2 rings (SSSR count). The van der Waals surface area contributed by atoms with E-state index in [0.717, 1.165) is 12.1 Å². The number of benzene rings is 2. The summed E-state index contributed by atoms with van der Waals surface area (Å²) >= 11 is 3.11. The van der Waals surface area contributed by atoms with Gasteiger partial charge in [0.05, 0.1) is 4.47 Å². The van der Waals surface area contributed by atoms with E-state index in [2.05, 4.69) is 15.9 Å². The lowest BCUT2D eigenvalue weighted by Crippen LogP contribution is -2.02. The van der Waals surface area contributed by atoms with Crippen molar-refractivity contribution in [3.63, 3.8) is 0 Å². The number of ether oxygens (including phenoxy) is 1. The van der Waals surface area contributed by atoms with Crippen LogP contribution in [0.4, 0.5) is 8.78 Å². The first-order chi connectivity index (χ1) is 8.99. The second kappa shape index (κ2) is 5.36. The maximum Gasteiger partial charge on any atom is 0.339 e. The first-order valence-electron chi connectivity index (χ1n) is 5.13. The summed E-state index contributed by atoms with van der Waals surface area (Å²) in [6.45, 7) is 0. The molecule has 0 saturated heterocycles. The molecule has 0 atom stereocenters. The minimum Gasteiger partial charge on any atom is -0.478 e. The quantitative estimate of drug-likeness (QED) is 0.917. The fourth-order valence-electron chi connectivity index (χ4n) is 1.45. The van der Waals surface area contributed by atoms with Gasteiger partial charge in [-0.15, -0.1) is 0 Å². The zero-order valence-corrected chi connectivity index (χ0v) is 10.9. The molecule has 0 saturated carbocycles. The molecular formula is C13H7BrF2O3. The van der Waals surface area contributed by atoms with Crippen LogP contribution in [0.3, 0.4) is 0 Å². The third-order valence-electron chi connectivity index (χ3n) is 2.30. The number of para-hydroxylation sites is 1. The van der Waals surface area contributed by atoms with E-state index < -0.39 is 23.4 Å². The van der Waals surface area contributed by atoms with Crippen LogP contribution >= 0.6 is 15.9 Å². The van der Waals surface area contributed by atoms with Crippen molar-refractivity contribution in [2.24, 2.45) is 0 Å². The Bertz CT molecular complexity index is 644. The highest BCUT2D eigenvalue weighted by molar-refractivity contribution is 9.10. The Morgan fingerprint density at radius 1 is 1.21 bits per heavy atom. The molecule has 0 fully saturated rings. The van der Waals surface area contributed by atoms with Crippen LogP contribution in [-0.4, -0.2) is 11.1 Å². The van der Waals surface area contributed by atoms with Gasteiger partial charge in [0.15, 0.2) is 11.6 Å². The SMILES string of the molecule is O=C(O)c1cccc(F)c1Oc1cc(F)ccc1Br. The van der Waals surface area contributed by atoms with E-state index in [0.29, 0.717) is 4.47 Å². The molecule has 2 aromatic carbocycles. The van der Waals surface area contributed by atoms with Crippen LogP contribution in [0.25, 0.3) is 0 Å². The van der Waals surface area contributed by atoms with Crippen molar-refractivity contribution >= 4 is 21.9 Å². The zero-order valence-electron chi connectivity index (χ0n) is 9.36. The number of halogens is 3. The van der Waals surface area contributed by atoms with Crippen molar-refractivity contribution < 1.29 is 23.4 Å². The summed E-state index contributed by atoms with van der Waals surface area (Å²) in [6, 6.07) is 7.12. The number of aromatic carboxylic acids is 1. The Kier molecular flexibility index (Phi) is 3.80. The van der Waals surface area contributed by atoms with Crippen molar-refractivity contribution in [3.8, 4) is 11.5 Å². The molecule has 0 spiro atoms. The molecule has 0 bridgehead atoms. The van der Waals surface area contributed by atoms with Crippen LogP contribution in [0.1, 0.15) is 10.4 Å². The molecule has 0 unspecified atom stereocenters. The smallest absolute Gasteiger partial charge is 0.339 e. The van der Waals surface area contributed by atoms with Crippen LogP contribution < -0.4 is 4.74 Å². The second-order valence-electron chi connectivity index (χ2n) is 3.60. The number of hydrogen-bond acceptors (Lipinski definition) is 2. The van der Waals surface area contributed by atoms with Crippen molar-refractivity contribution in [3.05, 3.63) is 58.1 Å². The number of carbonyl (C=O) groups is 1. The molecule has 0 aliphatic heterocycles. The Morgan fingerprint density at radius 3 is 2.63 bits per heavy atom. The largest absolute Gasteiger partial charge is 0.478 e. The average Bonchev–Trinajstić information content (AvgIpc) is 2.35. The summed E-state index contributed by atoms with van der Waals surface area (Å²) < 4.78 is 32.3. The Morgan fingerprint density at radius 2 is 1.95 bits per heavy atom. The van der Waals surface area contributed by atoms with Gasteiger partial charge in [0.1, 0.15) is 17.1 Å². The number of hydrogen-bond donors (Lipinski definition) is 1. The lowest BCUT2D eigenvalue weighted by atomic mass is 10.2. The number of rotatable bonds is 3. The van der Waals surface area contributed by atoms with Crippen LogP contribution in [0, 0.1) is 11.6 Å². The van der Waals surface area contributed by atoms with E-state index >= 15 is 0 Å². The lowest BCUT2D eigenvalue weighted by molar-refractivity contribution is 0.0693. The van der Waals surface area contributed by atoms with E-state index in [9.17, 15) is 13.6 Å². The molecule has 0 aliphatic rings. The van der Waals surface area contributed by atoms with Gasteiger partial charge in [0.2, 0.25) is 0 Å². The molecule has 0 amide bonds. The van der Waals surface area contributed by atoms with Gasteiger partial charge >= 0.3 is 5.97 Å². The minimum atomic E-state index is -1.33. The Balaban J connectivity index is 2.49. The summed E-state index contributed by atoms with van der Waals surface area (Å²) in [5.74, 6) is -3.21. The van der Waals surface area contributed by atoms with Crippen LogP contribution in [0.2, 0.25) is 0 Å². The van der Waals surface area contributed by atoms with Crippen molar-refractivity contribution in [2.45, 2.75) is 0 Å². The maximum absolute atomic E-state index is 13.6. The summed E-state index contributed by atoms with van der Waals surface area (Å²) in [7, 11) is 0. The van der Waals surface area contributed by atoms with Gasteiger partial charge in [0.25, 0.3) is 0 Å². The molecule has 2 aromatic rings. The average molecular weight is 329 g/mol. The third kappa shape index (κ3) is 2.90. The summed E-state index contributed by atoms with van der Waals surface area (Å²) in [5.41, 5.74) is -0.337. The van der Waals surface area contributed by atoms with Gasteiger partial charge in [-0.2, -0.15) is 0 Å². The normalized spacial score (nSPS) is 10.3. The fraction of sp³-hybridized carbons (Fsp3) is 0. The summed E-state index contributed by atoms with van der Waals surface area (Å²) in [4.78, 5) is 11.0. The highest BCUT2D eigenvalue weighted by Gasteiger charge is 2.17. The monoisotopic (exact) mass is 328 g/mol.